The van der Waals surface area contributed by atoms with Crippen molar-refractivity contribution in [2.45, 2.75) is 0 Å². The van der Waals surface area contributed by atoms with Crippen LogP contribution in [0.4, 0.5) is 0 Å². The summed E-state index contributed by atoms with van der Waals surface area (Å²) in [5.74, 6) is 0. The molecule has 3 nitrogen and oxygen atoms in total. The Morgan fingerprint density at radius 2 is 0.875 bits per heavy atom. The van der Waals surface area contributed by atoms with Gasteiger partial charge in [0, 0.05) is 0 Å². The van der Waals surface area contributed by atoms with E-state index < -0.39 is 7.94 Å². The van der Waals surface area contributed by atoms with E-state index in [-0.39, 0.29) is 17.7 Å². The maximum atomic E-state index is 8.74. The normalized spacial score (nSPS) is 11.0. The van der Waals surface area contributed by atoms with Crippen LogP contribution in [0.5, 0.6) is 0 Å². The van der Waals surface area contributed by atoms with Crippen LogP contribution < -0.4 is 14.2 Å². The van der Waals surface area contributed by atoms with E-state index >= 15 is 0 Å². The molecule has 3 aromatic rings. The van der Waals surface area contributed by atoms with Crippen molar-refractivity contribution < 1.29 is 29.6 Å². The molecule has 0 radical (unpaired) electrons. The van der Waals surface area contributed by atoms with E-state index in [4.69, 9.17) is 14.7 Å². The van der Waals surface area contributed by atoms with Gasteiger partial charge in [0.25, 0.3) is 0 Å². The summed E-state index contributed by atoms with van der Waals surface area (Å²) in [6.07, 6.45) is 0. The van der Waals surface area contributed by atoms with Gasteiger partial charge in [-0.3, -0.25) is 0 Å². The molecule has 0 aliphatic carbocycles. The third-order valence-electron chi connectivity index (χ3n) is 2.75. The minimum absolute atomic E-state index is 0. The molecule has 3 aromatic carbocycles. The molecule has 6 heteroatoms. The fraction of sp³-hybridized carbons (Fsp3) is 0. The van der Waals surface area contributed by atoms with Crippen LogP contribution in [0.1, 0.15) is 0 Å². The second-order valence-electron chi connectivity index (χ2n) is 4.58. The number of hydrogen-bond donors (Lipinski definition) is 3. The molecule has 0 heterocycles. The number of rotatable bonds is 3. The SMILES string of the molecule is Cl.O[PH](O)(O)c1ccccc1.c1cc[c]([Cu][c]2ccccc2)cc1. The van der Waals surface area contributed by atoms with Crippen molar-refractivity contribution in [1.82, 2.24) is 0 Å². The molecular weight excluding hydrogens is 394 g/mol. The molecule has 3 rings (SSSR count). The summed E-state index contributed by atoms with van der Waals surface area (Å²) < 4.78 is 2.55. The molecule has 24 heavy (non-hydrogen) atoms. The fourth-order valence-electron chi connectivity index (χ4n) is 1.66. The summed E-state index contributed by atoms with van der Waals surface area (Å²) >= 11 is 1.88. The van der Waals surface area contributed by atoms with Crippen LogP contribution in [0.3, 0.4) is 0 Å². The number of benzene rings is 3. The van der Waals surface area contributed by atoms with Gasteiger partial charge in [-0.2, -0.15) is 0 Å². The molecule has 0 spiro atoms. The van der Waals surface area contributed by atoms with E-state index in [2.05, 4.69) is 48.5 Å². The molecule has 0 aromatic heterocycles. The molecule has 3 N–H and O–H groups in total. The van der Waals surface area contributed by atoms with Crippen molar-refractivity contribution >= 4 is 34.6 Å². The number of halogens is 1. The maximum absolute atomic E-state index is 8.74. The Morgan fingerprint density at radius 1 is 0.542 bits per heavy atom. The Hall–Kier alpha value is -1.22. The van der Waals surface area contributed by atoms with Crippen molar-refractivity contribution in [3.8, 4) is 0 Å². The second kappa shape index (κ2) is 10.6. The van der Waals surface area contributed by atoms with Crippen LogP contribution in [0.2, 0.25) is 0 Å². The molecule has 0 amide bonds. The topological polar surface area (TPSA) is 60.7 Å². The Labute approximate surface area is 155 Å². The first-order valence-corrected chi connectivity index (χ1v) is 9.74. The molecule has 0 atom stereocenters. The Bertz CT molecular complexity index is 654. The standard InChI is InChI=1S/C6H9O3P.2C6H5.ClH.Cu/c7-10(8,9)6-4-2-1-3-5-6;2*1-2-4-6-5-3-1;;/h1-5,7-10H;2*1-5H;1H;. The Kier molecular flexibility index (Phi) is 9.20. The number of hydrogen-bond acceptors (Lipinski definition) is 3. The van der Waals surface area contributed by atoms with Gasteiger partial charge in [0.05, 0.1) is 0 Å². The van der Waals surface area contributed by atoms with Gasteiger partial charge in [-0.05, 0) is 0 Å². The van der Waals surface area contributed by atoms with Crippen LogP contribution in [0.15, 0.2) is 91.0 Å². The first-order chi connectivity index (χ1) is 11.1. The van der Waals surface area contributed by atoms with Crippen LogP contribution >= 0.6 is 20.4 Å². The van der Waals surface area contributed by atoms with E-state index in [0.29, 0.717) is 0 Å². The molecular formula is C18H20ClCuO3P. The first kappa shape index (κ1) is 20.8. The molecule has 133 valence electrons. The quantitative estimate of drug-likeness (QED) is 0.454. The van der Waals surface area contributed by atoms with Gasteiger partial charge in [0.1, 0.15) is 0 Å². The van der Waals surface area contributed by atoms with E-state index in [0.717, 1.165) is 0 Å². The predicted molar refractivity (Wildman–Crippen MR) is 100 cm³/mol. The van der Waals surface area contributed by atoms with Gasteiger partial charge in [-0.25, -0.2) is 0 Å². The first-order valence-electron chi connectivity index (χ1n) is 6.95. The third kappa shape index (κ3) is 7.57. The molecule has 0 saturated heterocycles. The summed E-state index contributed by atoms with van der Waals surface area (Å²) in [7, 11) is -4.03. The summed E-state index contributed by atoms with van der Waals surface area (Å²) in [6, 6.07) is 28.7. The second-order valence-corrected chi connectivity index (χ2v) is 7.75. The zero-order valence-corrected chi connectivity index (χ0v) is 15.5. The third-order valence-corrected chi connectivity index (χ3v) is 5.03. The molecule has 0 bridgehead atoms. The fourth-order valence-corrected chi connectivity index (χ4v) is 3.29. The van der Waals surface area contributed by atoms with Gasteiger partial charge in [-0.15, -0.1) is 12.4 Å². The van der Waals surface area contributed by atoms with Crippen molar-refractivity contribution in [3.05, 3.63) is 91.0 Å². The molecule has 0 saturated carbocycles. The predicted octanol–water partition coefficient (Wildman–Crippen LogP) is 1.93. The summed E-state index contributed by atoms with van der Waals surface area (Å²) in [6.45, 7) is 0. The zero-order valence-electron chi connectivity index (χ0n) is 12.7. The van der Waals surface area contributed by atoms with Crippen LogP contribution in [-0.2, 0) is 15.0 Å². The molecule has 0 aliphatic heterocycles. The zero-order chi connectivity index (χ0) is 16.5. The van der Waals surface area contributed by atoms with Crippen molar-refractivity contribution in [2.75, 3.05) is 0 Å². The average Bonchev–Trinajstić information content (AvgIpc) is 2.57. The van der Waals surface area contributed by atoms with E-state index in [1.54, 1.807) is 18.2 Å². The van der Waals surface area contributed by atoms with Crippen molar-refractivity contribution in [1.29, 1.82) is 0 Å². The summed E-state index contributed by atoms with van der Waals surface area (Å²) in [4.78, 5) is 26.2. The average molecular weight is 414 g/mol. The van der Waals surface area contributed by atoms with Gasteiger partial charge in [0.15, 0.2) is 0 Å². The van der Waals surface area contributed by atoms with Crippen LogP contribution in [0, 0.1) is 0 Å². The monoisotopic (exact) mass is 413 g/mol. The minimum atomic E-state index is -4.03. The van der Waals surface area contributed by atoms with Crippen LogP contribution in [0.25, 0.3) is 0 Å². The summed E-state index contributed by atoms with van der Waals surface area (Å²) in [5, 5.41) is 0.204. The van der Waals surface area contributed by atoms with Gasteiger partial charge in [-0.1, -0.05) is 0 Å². The van der Waals surface area contributed by atoms with Crippen LogP contribution in [-0.4, -0.2) is 14.7 Å². The van der Waals surface area contributed by atoms with E-state index in [1.165, 1.54) is 21.1 Å². The summed E-state index contributed by atoms with van der Waals surface area (Å²) in [5.41, 5.74) is 0. The van der Waals surface area contributed by atoms with Gasteiger partial charge >= 0.3 is 143 Å². The Morgan fingerprint density at radius 3 is 1.17 bits per heavy atom. The van der Waals surface area contributed by atoms with E-state index in [9.17, 15) is 0 Å². The molecule has 0 unspecified atom stereocenters. The molecule has 0 fully saturated rings. The van der Waals surface area contributed by atoms with E-state index in [1.807, 2.05) is 27.1 Å². The van der Waals surface area contributed by atoms with Gasteiger partial charge in [0.2, 0.25) is 0 Å². The molecule has 0 aliphatic rings. The van der Waals surface area contributed by atoms with Crippen molar-refractivity contribution in [2.24, 2.45) is 0 Å². The van der Waals surface area contributed by atoms with Gasteiger partial charge < -0.3 is 0 Å². The Balaban J connectivity index is 0.000000238. The van der Waals surface area contributed by atoms with Crippen molar-refractivity contribution in [3.63, 3.8) is 0 Å².